The Morgan fingerprint density at radius 1 is 1.03 bits per heavy atom. The van der Waals surface area contributed by atoms with E-state index in [0.29, 0.717) is 10.7 Å². The summed E-state index contributed by atoms with van der Waals surface area (Å²) in [4.78, 5) is 25.8. The lowest BCUT2D eigenvalue weighted by atomic mass is 10.2. The Balaban J connectivity index is 1.26. The number of hydrogen-bond donors (Lipinski definition) is 2. The highest BCUT2D eigenvalue weighted by atomic mass is 35.5. The summed E-state index contributed by atoms with van der Waals surface area (Å²) in [5.74, 6) is -0.261. The predicted octanol–water partition coefficient (Wildman–Crippen LogP) is 4.49. The predicted molar refractivity (Wildman–Crippen MR) is 135 cm³/mol. The van der Waals surface area contributed by atoms with Crippen LogP contribution in [0.4, 0.5) is 11.6 Å². The van der Waals surface area contributed by atoms with Gasteiger partial charge in [0.15, 0.2) is 4.96 Å². The minimum atomic E-state index is -3.85. The standard InChI is InChI=1S/C23H17ClN6O3S2/c24-16-4-2-15(3-5-16)20-13-30-18(14-34-23(30)28-20)12-21(31)27-17-6-8-19(9-7-17)35(32,33)29-22-25-10-1-11-26-22/h1-11,13-14H,12H2,(H,27,31)(H,25,26,29). The van der Waals surface area contributed by atoms with Crippen molar-refractivity contribution in [2.75, 3.05) is 10.0 Å². The first-order valence-corrected chi connectivity index (χ1v) is 13.0. The van der Waals surface area contributed by atoms with E-state index in [1.165, 1.54) is 48.0 Å². The lowest BCUT2D eigenvalue weighted by Gasteiger charge is -2.08. The zero-order valence-corrected chi connectivity index (χ0v) is 20.3. The summed E-state index contributed by atoms with van der Waals surface area (Å²) >= 11 is 7.41. The SMILES string of the molecule is O=C(Cc1csc2nc(-c3ccc(Cl)cc3)cn12)Nc1ccc(S(=O)(=O)Nc2ncccn2)cc1. The molecule has 0 unspecified atom stereocenters. The summed E-state index contributed by atoms with van der Waals surface area (Å²) in [6, 6.07) is 14.8. The number of carbonyl (C=O) groups excluding carboxylic acids is 1. The van der Waals surface area contributed by atoms with Crippen molar-refractivity contribution in [3.8, 4) is 11.3 Å². The van der Waals surface area contributed by atoms with Gasteiger partial charge in [0.05, 0.1) is 17.0 Å². The van der Waals surface area contributed by atoms with Crippen LogP contribution in [0.5, 0.6) is 0 Å². The Kier molecular flexibility index (Phi) is 6.20. The second-order valence-corrected chi connectivity index (χ2v) is 10.4. The molecule has 3 heterocycles. The summed E-state index contributed by atoms with van der Waals surface area (Å²) in [5.41, 5.74) is 3.00. The normalized spacial score (nSPS) is 11.5. The molecule has 0 aliphatic rings. The van der Waals surface area contributed by atoms with Crippen molar-refractivity contribution < 1.29 is 13.2 Å². The number of nitrogens with zero attached hydrogens (tertiary/aromatic N) is 4. The van der Waals surface area contributed by atoms with Crippen molar-refractivity contribution in [2.24, 2.45) is 0 Å². The van der Waals surface area contributed by atoms with Crippen LogP contribution in [0.15, 0.2) is 83.5 Å². The first-order valence-electron chi connectivity index (χ1n) is 10.3. The Morgan fingerprint density at radius 2 is 1.74 bits per heavy atom. The number of nitrogens with one attached hydrogen (secondary N) is 2. The molecule has 9 nitrogen and oxygen atoms in total. The molecule has 2 N–H and O–H groups in total. The van der Waals surface area contributed by atoms with E-state index in [0.717, 1.165) is 21.9 Å². The number of benzene rings is 2. The lowest BCUT2D eigenvalue weighted by molar-refractivity contribution is -0.115. The van der Waals surface area contributed by atoms with Crippen LogP contribution in [-0.2, 0) is 21.2 Å². The molecule has 5 aromatic rings. The van der Waals surface area contributed by atoms with Crippen molar-refractivity contribution >= 4 is 55.5 Å². The average molecular weight is 525 g/mol. The van der Waals surface area contributed by atoms with Gasteiger partial charge in [0.1, 0.15) is 0 Å². The van der Waals surface area contributed by atoms with Crippen LogP contribution in [0.1, 0.15) is 5.69 Å². The van der Waals surface area contributed by atoms with Gasteiger partial charge in [0.2, 0.25) is 11.9 Å². The number of aromatic nitrogens is 4. The van der Waals surface area contributed by atoms with E-state index in [2.05, 4.69) is 25.0 Å². The van der Waals surface area contributed by atoms with Crippen LogP contribution in [0.25, 0.3) is 16.2 Å². The van der Waals surface area contributed by atoms with Gasteiger partial charge in [-0.1, -0.05) is 23.7 Å². The molecule has 0 aliphatic carbocycles. The van der Waals surface area contributed by atoms with Crippen molar-refractivity contribution in [3.05, 3.63) is 89.3 Å². The molecule has 12 heteroatoms. The van der Waals surface area contributed by atoms with Crippen LogP contribution >= 0.6 is 22.9 Å². The van der Waals surface area contributed by atoms with Crippen LogP contribution < -0.4 is 10.0 Å². The van der Waals surface area contributed by atoms with E-state index >= 15 is 0 Å². The third-order valence-corrected chi connectivity index (χ3v) is 7.49. The molecular formula is C23H17ClN6O3S2. The molecular weight excluding hydrogens is 508 g/mol. The van der Waals surface area contributed by atoms with Gasteiger partial charge in [-0.05, 0) is 42.5 Å². The maximum atomic E-state index is 12.7. The summed E-state index contributed by atoms with van der Waals surface area (Å²) in [5, 5.41) is 5.34. The van der Waals surface area contributed by atoms with Gasteiger partial charge in [-0.15, -0.1) is 11.3 Å². The van der Waals surface area contributed by atoms with Crippen LogP contribution in [0.3, 0.4) is 0 Å². The van der Waals surface area contributed by atoms with Gasteiger partial charge in [-0.3, -0.25) is 9.20 Å². The van der Waals surface area contributed by atoms with Gasteiger partial charge in [0, 0.05) is 45.9 Å². The Labute approximate surface area is 209 Å². The number of hydrogen-bond acceptors (Lipinski definition) is 7. The second kappa shape index (κ2) is 9.45. The molecule has 0 aliphatic heterocycles. The Bertz CT molecular complexity index is 1600. The first kappa shape index (κ1) is 23.0. The van der Waals surface area contributed by atoms with E-state index in [-0.39, 0.29) is 23.2 Å². The molecule has 0 saturated heterocycles. The zero-order valence-electron chi connectivity index (χ0n) is 17.9. The highest BCUT2D eigenvalue weighted by Crippen LogP contribution is 2.25. The molecule has 0 spiro atoms. The minimum Gasteiger partial charge on any atom is -0.326 e. The second-order valence-electron chi connectivity index (χ2n) is 7.44. The van der Waals surface area contributed by atoms with E-state index in [4.69, 9.17) is 11.6 Å². The van der Waals surface area contributed by atoms with Gasteiger partial charge >= 0.3 is 0 Å². The topological polar surface area (TPSA) is 118 Å². The average Bonchev–Trinajstić information content (AvgIpc) is 3.42. The van der Waals surface area contributed by atoms with E-state index < -0.39 is 10.0 Å². The molecule has 0 radical (unpaired) electrons. The van der Waals surface area contributed by atoms with Crippen molar-refractivity contribution in [1.82, 2.24) is 19.4 Å². The summed E-state index contributed by atoms with van der Waals surface area (Å²) in [6.45, 7) is 0. The van der Waals surface area contributed by atoms with Crippen LogP contribution in [0.2, 0.25) is 5.02 Å². The molecule has 0 atom stereocenters. The van der Waals surface area contributed by atoms with Crippen LogP contribution in [0, 0.1) is 0 Å². The van der Waals surface area contributed by atoms with Crippen LogP contribution in [-0.4, -0.2) is 33.7 Å². The molecule has 176 valence electrons. The van der Waals surface area contributed by atoms with Gasteiger partial charge in [-0.2, -0.15) is 0 Å². The minimum absolute atomic E-state index is 0.0225. The number of thiazole rings is 1. The maximum Gasteiger partial charge on any atom is 0.264 e. The molecule has 0 bridgehead atoms. The summed E-state index contributed by atoms with van der Waals surface area (Å²) < 4.78 is 29.2. The first-order chi connectivity index (χ1) is 16.9. The highest BCUT2D eigenvalue weighted by molar-refractivity contribution is 7.92. The molecule has 0 fully saturated rings. The molecule has 35 heavy (non-hydrogen) atoms. The third kappa shape index (κ3) is 5.16. The van der Waals surface area contributed by atoms with Crippen molar-refractivity contribution in [3.63, 3.8) is 0 Å². The molecule has 1 amide bonds. The number of fused-ring (bicyclic) bond motifs is 1. The maximum absolute atomic E-state index is 12.7. The zero-order chi connectivity index (χ0) is 24.4. The van der Waals surface area contributed by atoms with Gasteiger partial charge < -0.3 is 5.32 Å². The highest BCUT2D eigenvalue weighted by Gasteiger charge is 2.16. The van der Waals surface area contributed by atoms with E-state index in [1.807, 2.05) is 28.1 Å². The van der Waals surface area contributed by atoms with Crippen molar-refractivity contribution in [1.29, 1.82) is 0 Å². The molecule has 3 aromatic heterocycles. The largest absolute Gasteiger partial charge is 0.326 e. The molecule has 2 aromatic carbocycles. The fourth-order valence-electron chi connectivity index (χ4n) is 3.33. The third-order valence-electron chi connectivity index (χ3n) is 5.00. The van der Waals surface area contributed by atoms with Gasteiger partial charge in [0.25, 0.3) is 10.0 Å². The number of imidazole rings is 1. The van der Waals surface area contributed by atoms with E-state index in [1.54, 1.807) is 18.2 Å². The Morgan fingerprint density at radius 3 is 2.46 bits per heavy atom. The monoisotopic (exact) mass is 524 g/mol. The fraction of sp³-hybridized carbons (Fsp3) is 0.0435. The number of sulfonamides is 1. The summed E-state index contributed by atoms with van der Waals surface area (Å²) in [6.07, 6.45) is 4.89. The molecule has 0 saturated carbocycles. The Hall–Kier alpha value is -3.80. The quantitative estimate of drug-likeness (QED) is 0.324. The number of carbonyl (C=O) groups is 1. The van der Waals surface area contributed by atoms with Gasteiger partial charge in [-0.25, -0.2) is 28.1 Å². The number of anilines is 2. The number of amides is 1. The van der Waals surface area contributed by atoms with Crippen molar-refractivity contribution in [2.45, 2.75) is 11.3 Å². The lowest BCUT2D eigenvalue weighted by Crippen LogP contribution is -2.16. The number of halogens is 1. The molecule has 5 rings (SSSR count). The summed E-state index contributed by atoms with van der Waals surface area (Å²) in [7, 11) is -3.85. The smallest absolute Gasteiger partial charge is 0.264 e. The van der Waals surface area contributed by atoms with E-state index in [9.17, 15) is 13.2 Å². The fourth-order valence-corrected chi connectivity index (χ4v) is 5.29. The number of rotatable bonds is 7.